The molecular weight excluding hydrogens is 336 g/mol. The van der Waals surface area contributed by atoms with Crippen LogP contribution in [0.1, 0.15) is 26.3 Å². The van der Waals surface area contributed by atoms with E-state index in [0.717, 1.165) is 17.5 Å². The van der Waals surface area contributed by atoms with Gasteiger partial charge in [-0.25, -0.2) is 9.59 Å². The molecule has 26 heavy (non-hydrogen) atoms. The van der Waals surface area contributed by atoms with Crippen molar-refractivity contribution >= 4 is 22.7 Å². The monoisotopic (exact) mass is 360 g/mol. The molecule has 1 amide bonds. The highest BCUT2D eigenvalue weighted by Gasteiger charge is 2.24. The number of carbonyl (C=O) groups is 1. The second-order valence-corrected chi connectivity index (χ2v) is 6.57. The molecule has 1 N–H and O–H groups in total. The molecule has 0 aliphatic carbocycles. The minimum absolute atomic E-state index is 0.165. The van der Waals surface area contributed by atoms with Crippen molar-refractivity contribution in [2.24, 2.45) is 0 Å². The highest BCUT2D eigenvalue weighted by molar-refractivity contribution is 5.89. The van der Waals surface area contributed by atoms with Gasteiger partial charge in [-0.05, 0) is 38.5 Å². The van der Waals surface area contributed by atoms with E-state index in [1.54, 1.807) is 19.1 Å². The first-order valence-electron chi connectivity index (χ1n) is 8.82. The van der Waals surface area contributed by atoms with Crippen molar-refractivity contribution in [3.63, 3.8) is 0 Å². The highest BCUT2D eigenvalue weighted by atomic mass is 16.5. The van der Waals surface area contributed by atoms with E-state index in [9.17, 15) is 9.59 Å². The van der Waals surface area contributed by atoms with E-state index in [0.29, 0.717) is 24.4 Å². The molecule has 1 saturated heterocycles. The van der Waals surface area contributed by atoms with Crippen molar-refractivity contribution in [1.82, 2.24) is 4.90 Å². The summed E-state index contributed by atoms with van der Waals surface area (Å²) in [5, 5.41) is 3.47. The summed E-state index contributed by atoms with van der Waals surface area (Å²) in [6.07, 6.45) is -0.376. The second-order valence-electron chi connectivity index (χ2n) is 6.57. The number of morpholine rings is 1. The van der Waals surface area contributed by atoms with Gasteiger partial charge in [-0.2, -0.15) is 0 Å². The topological polar surface area (TPSA) is 81.0 Å². The lowest BCUT2D eigenvalue weighted by molar-refractivity contribution is -0.0525. The van der Waals surface area contributed by atoms with Gasteiger partial charge in [0.2, 0.25) is 0 Å². The van der Waals surface area contributed by atoms with Gasteiger partial charge in [0.25, 0.3) is 0 Å². The maximum absolute atomic E-state index is 12.0. The van der Waals surface area contributed by atoms with E-state index in [2.05, 4.69) is 17.1 Å². The molecule has 7 nitrogen and oxygen atoms in total. The number of carbonyl (C=O) groups excluding carboxylic acids is 1. The molecule has 0 bridgehead atoms. The molecule has 3 rings (SSSR count). The Morgan fingerprint density at radius 2 is 2.15 bits per heavy atom. The van der Waals surface area contributed by atoms with Crippen LogP contribution in [-0.4, -0.2) is 42.9 Å². The van der Waals surface area contributed by atoms with E-state index >= 15 is 0 Å². The third-order valence-electron chi connectivity index (χ3n) is 4.46. The van der Waals surface area contributed by atoms with Crippen LogP contribution in [0.15, 0.2) is 33.5 Å². The number of benzene rings is 1. The molecule has 2 aromatic rings. The van der Waals surface area contributed by atoms with Crippen molar-refractivity contribution in [3.8, 4) is 0 Å². The first-order valence-corrected chi connectivity index (χ1v) is 8.82. The summed E-state index contributed by atoms with van der Waals surface area (Å²) >= 11 is 0. The average molecular weight is 360 g/mol. The molecule has 2 heterocycles. The number of amides is 1. The quantitative estimate of drug-likeness (QED) is 0.844. The minimum atomic E-state index is -0.540. The Balaban J connectivity index is 1.88. The molecule has 2 atom stereocenters. The molecule has 0 saturated carbocycles. The number of nitrogens with one attached hydrogen (secondary N) is 1. The first-order chi connectivity index (χ1) is 12.5. The summed E-state index contributed by atoms with van der Waals surface area (Å²) in [6, 6.07) is 7.08. The van der Waals surface area contributed by atoms with E-state index in [-0.39, 0.29) is 18.8 Å². The largest absolute Gasteiger partial charge is 0.450 e. The Bertz CT molecular complexity index is 847. The number of hydrogen-bond donors (Lipinski definition) is 1. The maximum Gasteiger partial charge on any atom is 0.411 e. The Morgan fingerprint density at radius 3 is 2.92 bits per heavy atom. The van der Waals surface area contributed by atoms with Crippen LogP contribution in [0.2, 0.25) is 0 Å². The summed E-state index contributed by atoms with van der Waals surface area (Å²) in [7, 11) is 0. The maximum atomic E-state index is 12.0. The summed E-state index contributed by atoms with van der Waals surface area (Å²) in [5.41, 5.74) is 1.45. The fourth-order valence-electron chi connectivity index (χ4n) is 3.13. The molecule has 1 aliphatic rings. The molecule has 1 aliphatic heterocycles. The Morgan fingerprint density at radius 1 is 1.35 bits per heavy atom. The van der Waals surface area contributed by atoms with Crippen molar-refractivity contribution in [3.05, 3.63) is 40.2 Å². The number of ether oxygens (including phenoxy) is 2. The van der Waals surface area contributed by atoms with Crippen LogP contribution in [0.4, 0.5) is 10.5 Å². The van der Waals surface area contributed by atoms with E-state index < -0.39 is 11.7 Å². The number of rotatable bonds is 4. The molecule has 2 unspecified atom stereocenters. The summed E-state index contributed by atoms with van der Waals surface area (Å²) in [6.45, 7) is 8.30. The Kier molecular flexibility index (Phi) is 5.58. The predicted molar refractivity (Wildman–Crippen MR) is 98.4 cm³/mol. The zero-order chi connectivity index (χ0) is 18.7. The minimum Gasteiger partial charge on any atom is -0.450 e. The van der Waals surface area contributed by atoms with Gasteiger partial charge in [-0.3, -0.25) is 10.2 Å². The zero-order valence-corrected chi connectivity index (χ0v) is 15.3. The Hall–Kier alpha value is -2.38. The van der Waals surface area contributed by atoms with Gasteiger partial charge in [0.05, 0.1) is 19.3 Å². The average Bonchev–Trinajstić information content (AvgIpc) is 2.58. The molecule has 1 aromatic heterocycles. The fourth-order valence-corrected chi connectivity index (χ4v) is 3.13. The molecule has 0 radical (unpaired) electrons. The van der Waals surface area contributed by atoms with Crippen LogP contribution in [0.5, 0.6) is 0 Å². The summed E-state index contributed by atoms with van der Waals surface area (Å²) < 4.78 is 15.9. The molecule has 0 spiro atoms. The van der Waals surface area contributed by atoms with E-state index in [1.807, 2.05) is 13.0 Å². The lowest BCUT2D eigenvalue weighted by Crippen LogP contribution is -2.46. The van der Waals surface area contributed by atoms with Crippen LogP contribution < -0.4 is 10.9 Å². The van der Waals surface area contributed by atoms with Crippen LogP contribution in [-0.2, 0) is 16.0 Å². The zero-order valence-electron chi connectivity index (χ0n) is 15.3. The number of nitrogens with zero attached hydrogens (tertiary/aromatic N) is 1. The fraction of sp³-hybridized carbons (Fsp3) is 0.474. The molecule has 7 heteroatoms. The summed E-state index contributed by atoms with van der Waals surface area (Å²) in [5.74, 6) is 0. The number of anilines is 1. The van der Waals surface area contributed by atoms with Gasteiger partial charge in [-0.15, -0.1) is 0 Å². The van der Waals surface area contributed by atoms with Crippen LogP contribution in [0.3, 0.4) is 0 Å². The molecule has 140 valence electrons. The van der Waals surface area contributed by atoms with E-state index in [4.69, 9.17) is 13.9 Å². The standard InChI is InChI=1S/C19H24N2O5/c1-4-24-19(23)20-15-5-6-16-14(7-18(22)26-17(16)8-15)10-21-9-13(3)25-11-12(21)2/h5-8,12-13H,4,9-11H2,1-3H3,(H,20,23). The summed E-state index contributed by atoms with van der Waals surface area (Å²) in [4.78, 5) is 25.9. The van der Waals surface area contributed by atoms with E-state index in [1.165, 1.54) is 6.07 Å². The van der Waals surface area contributed by atoms with Gasteiger partial charge in [-0.1, -0.05) is 0 Å². The lowest BCUT2D eigenvalue weighted by atomic mass is 10.1. The molecule has 1 aromatic carbocycles. The van der Waals surface area contributed by atoms with Gasteiger partial charge < -0.3 is 13.9 Å². The predicted octanol–water partition coefficient (Wildman–Crippen LogP) is 2.97. The second kappa shape index (κ2) is 7.88. The third-order valence-corrected chi connectivity index (χ3v) is 4.46. The van der Waals surface area contributed by atoms with Gasteiger partial charge in [0.1, 0.15) is 5.58 Å². The van der Waals surface area contributed by atoms with Crippen LogP contribution in [0, 0.1) is 0 Å². The van der Waals surface area contributed by atoms with Gasteiger partial charge in [0, 0.05) is 42.3 Å². The van der Waals surface area contributed by atoms with Crippen LogP contribution in [0.25, 0.3) is 11.0 Å². The third kappa shape index (κ3) is 4.23. The van der Waals surface area contributed by atoms with Gasteiger partial charge >= 0.3 is 11.7 Å². The van der Waals surface area contributed by atoms with Crippen molar-refractivity contribution in [2.75, 3.05) is 25.1 Å². The SMILES string of the molecule is CCOC(=O)Nc1ccc2c(CN3CC(C)OCC3C)cc(=O)oc2c1. The smallest absolute Gasteiger partial charge is 0.411 e. The molecule has 1 fully saturated rings. The highest BCUT2D eigenvalue weighted by Crippen LogP contribution is 2.24. The van der Waals surface area contributed by atoms with Crippen molar-refractivity contribution < 1.29 is 18.7 Å². The first kappa shape index (κ1) is 18.4. The Labute approximate surface area is 151 Å². The number of fused-ring (bicyclic) bond motifs is 1. The van der Waals surface area contributed by atoms with Crippen molar-refractivity contribution in [1.29, 1.82) is 0 Å². The normalized spacial score (nSPS) is 20.9. The van der Waals surface area contributed by atoms with Crippen molar-refractivity contribution in [2.45, 2.75) is 39.5 Å². The lowest BCUT2D eigenvalue weighted by Gasteiger charge is -2.36. The number of hydrogen-bond acceptors (Lipinski definition) is 6. The molecular formula is C19H24N2O5. The van der Waals surface area contributed by atoms with Gasteiger partial charge in [0.15, 0.2) is 0 Å². The van der Waals surface area contributed by atoms with Crippen LogP contribution >= 0.6 is 0 Å².